The zero-order valence-electron chi connectivity index (χ0n) is 9.44. The first-order chi connectivity index (χ1) is 8.19. The maximum absolute atomic E-state index is 9.00. The second kappa shape index (κ2) is 5.07. The van der Waals surface area contributed by atoms with E-state index in [1.807, 2.05) is 29.9 Å². The van der Waals surface area contributed by atoms with Gasteiger partial charge < -0.3 is 9.88 Å². The Hall–Kier alpha value is -1.73. The summed E-state index contributed by atoms with van der Waals surface area (Å²) in [5, 5.41) is 12.3. The minimum Gasteiger partial charge on any atom is -0.380 e. The molecule has 0 aliphatic carbocycles. The molecule has 2 aromatic rings. The van der Waals surface area contributed by atoms with Gasteiger partial charge >= 0.3 is 0 Å². The standard InChI is InChI=1S/C13H12BrN3/c1-17-5-4-10(9-17)8-16-13-6-12(14)3-2-11(13)7-15/h2-6,9,16H,8H2,1H3. The molecule has 0 atom stereocenters. The van der Waals surface area contributed by atoms with E-state index in [0.717, 1.165) is 10.2 Å². The summed E-state index contributed by atoms with van der Waals surface area (Å²) in [5.74, 6) is 0. The molecule has 1 aromatic carbocycles. The predicted octanol–water partition coefficient (Wildman–Crippen LogP) is 3.27. The molecule has 0 aliphatic heterocycles. The van der Waals surface area contributed by atoms with E-state index in [-0.39, 0.29) is 0 Å². The van der Waals surface area contributed by atoms with Gasteiger partial charge in [-0.3, -0.25) is 0 Å². The third kappa shape index (κ3) is 2.89. The van der Waals surface area contributed by atoms with Crippen molar-refractivity contribution in [3.63, 3.8) is 0 Å². The first-order valence-electron chi connectivity index (χ1n) is 5.23. The number of halogens is 1. The number of hydrogen-bond donors (Lipinski definition) is 1. The van der Waals surface area contributed by atoms with Crippen LogP contribution in [0, 0.1) is 11.3 Å². The van der Waals surface area contributed by atoms with Gasteiger partial charge in [0.2, 0.25) is 0 Å². The third-order valence-electron chi connectivity index (χ3n) is 2.48. The number of rotatable bonds is 3. The highest BCUT2D eigenvalue weighted by molar-refractivity contribution is 9.10. The van der Waals surface area contributed by atoms with E-state index >= 15 is 0 Å². The molecule has 0 bridgehead atoms. The van der Waals surface area contributed by atoms with Gasteiger partial charge in [0.25, 0.3) is 0 Å². The Morgan fingerprint density at radius 3 is 2.88 bits per heavy atom. The van der Waals surface area contributed by atoms with E-state index in [2.05, 4.69) is 39.6 Å². The summed E-state index contributed by atoms with van der Waals surface area (Å²) in [4.78, 5) is 0. The fourth-order valence-corrected chi connectivity index (χ4v) is 1.98. The van der Waals surface area contributed by atoms with E-state index in [4.69, 9.17) is 5.26 Å². The van der Waals surface area contributed by atoms with Crippen molar-refractivity contribution in [2.24, 2.45) is 7.05 Å². The highest BCUT2D eigenvalue weighted by Crippen LogP contribution is 2.21. The molecule has 1 N–H and O–H groups in total. The van der Waals surface area contributed by atoms with E-state index in [9.17, 15) is 0 Å². The molecule has 17 heavy (non-hydrogen) atoms. The van der Waals surface area contributed by atoms with Gasteiger partial charge in [0, 0.05) is 30.5 Å². The maximum atomic E-state index is 9.00. The summed E-state index contributed by atoms with van der Waals surface area (Å²) in [6.07, 6.45) is 4.06. The molecule has 0 amide bonds. The molecular formula is C13H12BrN3. The van der Waals surface area contributed by atoms with Gasteiger partial charge in [-0.2, -0.15) is 5.26 Å². The number of nitrogens with zero attached hydrogens (tertiary/aromatic N) is 2. The Bertz CT molecular complexity index is 566. The molecule has 86 valence electrons. The van der Waals surface area contributed by atoms with Crippen LogP contribution in [0.1, 0.15) is 11.1 Å². The lowest BCUT2D eigenvalue weighted by Gasteiger charge is -2.07. The van der Waals surface area contributed by atoms with E-state index in [1.54, 1.807) is 6.07 Å². The number of aromatic nitrogens is 1. The quantitative estimate of drug-likeness (QED) is 0.942. The molecule has 0 unspecified atom stereocenters. The van der Waals surface area contributed by atoms with Crippen LogP contribution in [0.25, 0.3) is 0 Å². The second-order valence-electron chi connectivity index (χ2n) is 3.84. The van der Waals surface area contributed by atoms with Crippen LogP contribution in [0.4, 0.5) is 5.69 Å². The lowest BCUT2D eigenvalue weighted by molar-refractivity contribution is 0.920. The Balaban J connectivity index is 2.13. The molecule has 0 radical (unpaired) electrons. The van der Waals surface area contributed by atoms with Crippen molar-refractivity contribution in [1.29, 1.82) is 5.26 Å². The molecule has 2 rings (SSSR count). The van der Waals surface area contributed by atoms with Crippen molar-refractivity contribution in [3.8, 4) is 6.07 Å². The van der Waals surface area contributed by atoms with Gasteiger partial charge in [0.15, 0.2) is 0 Å². The lowest BCUT2D eigenvalue weighted by Crippen LogP contribution is -2.00. The van der Waals surface area contributed by atoms with Gasteiger partial charge in [0.1, 0.15) is 6.07 Å². The smallest absolute Gasteiger partial charge is 0.101 e. The third-order valence-corrected chi connectivity index (χ3v) is 2.97. The van der Waals surface area contributed by atoms with Crippen LogP contribution >= 0.6 is 15.9 Å². The number of nitriles is 1. The van der Waals surface area contributed by atoms with Crippen molar-refractivity contribution < 1.29 is 0 Å². The van der Waals surface area contributed by atoms with Crippen LogP contribution in [0.5, 0.6) is 0 Å². The molecular weight excluding hydrogens is 278 g/mol. The van der Waals surface area contributed by atoms with E-state index in [0.29, 0.717) is 12.1 Å². The molecule has 1 heterocycles. The topological polar surface area (TPSA) is 40.8 Å². The highest BCUT2D eigenvalue weighted by atomic mass is 79.9. The number of anilines is 1. The molecule has 3 nitrogen and oxygen atoms in total. The molecule has 0 aliphatic rings. The van der Waals surface area contributed by atoms with Crippen LogP contribution in [-0.4, -0.2) is 4.57 Å². The predicted molar refractivity (Wildman–Crippen MR) is 71.6 cm³/mol. The van der Waals surface area contributed by atoms with E-state index in [1.165, 1.54) is 5.56 Å². The largest absolute Gasteiger partial charge is 0.380 e. The average molecular weight is 290 g/mol. The number of aryl methyl sites for hydroxylation is 1. The summed E-state index contributed by atoms with van der Waals surface area (Å²) in [6.45, 7) is 0.714. The van der Waals surface area contributed by atoms with Gasteiger partial charge in [0.05, 0.1) is 11.3 Å². The fraction of sp³-hybridized carbons (Fsp3) is 0.154. The van der Waals surface area contributed by atoms with Gasteiger partial charge in [-0.25, -0.2) is 0 Å². The first kappa shape index (κ1) is 11.7. The molecule has 0 saturated heterocycles. The summed E-state index contributed by atoms with van der Waals surface area (Å²) >= 11 is 3.40. The second-order valence-corrected chi connectivity index (χ2v) is 4.76. The lowest BCUT2D eigenvalue weighted by atomic mass is 10.2. The molecule has 0 saturated carbocycles. The van der Waals surface area contributed by atoms with Crippen molar-refractivity contribution >= 4 is 21.6 Å². The van der Waals surface area contributed by atoms with Crippen molar-refractivity contribution in [1.82, 2.24) is 4.57 Å². The molecule has 1 aromatic heterocycles. The highest BCUT2D eigenvalue weighted by Gasteiger charge is 2.02. The number of benzene rings is 1. The fourth-order valence-electron chi connectivity index (χ4n) is 1.62. The van der Waals surface area contributed by atoms with Gasteiger partial charge in [-0.15, -0.1) is 0 Å². The molecule has 0 fully saturated rings. The van der Waals surface area contributed by atoms with Crippen molar-refractivity contribution in [2.75, 3.05) is 5.32 Å². The maximum Gasteiger partial charge on any atom is 0.101 e. The van der Waals surface area contributed by atoms with Crippen LogP contribution in [0.15, 0.2) is 41.1 Å². The summed E-state index contributed by atoms with van der Waals surface area (Å²) in [6, 6.07) is 9.82. The SMILES string of the molecule is Cn1ccc(CNc2cc(Br)ccc2C#N)c1. The van der Waals surface area contributed by atoms with Crippen molar-refractivity contribution in [2.45, 2.75) is 6.54 Å². The van der Waals surface area contributed by atoms with Crippen LogP contribution in [0.2, 0.25) is 0 Å². The zero-order chi connectivity index (χ0) is 12.3. The van der Waals surface area contributed by atoms with Crippen LogP contribution in [-0.2, 0) is 13.6 Å². The Morgan fingerprint density at radius 1 is 1.41 bits per heavy atom. The summed E-state index contributed by atoms with van der Waals surface area (Å²) in [7, 11) is 1.99. The number of hydrogen-bond acceptors (Lipinski definition) is 2. The van der Waals surface area contributed by atoms with Gasteiger partial charge in [-0.1, -0.05) is 15.9 Å². The number of nitrogens with one attached hydrogen (secondary N) is 1. The first-order valence-corrected chi connectivity index (χ1v) is 6.03. The summed E-state index contributed by atoms with van der Waals surface area (Å²) < 4.78 is 2.97. The summed E-state index contributed by atoms with van der Waals surface area (Å²) in [5.41, 5.74) is 2.70. The zero-order valence-corrected chi connectivity index (χ0v) is 11.0. The molecule has 0 spiro atoms. The van der Waals surface area contributed by atoms with Crippen LogP contribution in [0.3, 0.4) is 0 Å². The van der Waals surface area contributed by atoms with Crippen LogP contribution < -0.4 is 5.32 Å². The van der Waals surface area contributed by atoms with Gasteiger partial charge in [-0.05, 0) is 29.8 Å². The Morgan fingerprint density at radius 2 is 2.24 bits per heavy atom. The average Bonchev–Trinajstić information content (AvgIpc) is 2.73. The normalized spacial score (nSPS) is 9.94. The minimum absolute atomic E-state index is 0.657. The monoisotopic (exact) mass is 289 g/mol. The van der Waals surface area contributed by atoms with Crippen molar-refractivity contribution in [3.05, 3.63) is 52.3 Å². The Labute approximate surface area is 109 Å². The minimum atomic E-state index is 0.657. The Kier molecular flexibility index (Phi) is 3.50. The molecule has 4 heteroatoms. The van der Waals surface area contributed by atoms with E-state index < -0.39 is 0 Å².